The molecule has 12 fully saturated rings. The van der Waals surface area contributed by atoms with Crippen molar-refractivity contribution in [1.29, 1.82) is 0 Å². The second-order valence-electron chi connectivity index (χ2n) is 13.1. The Hall–Kier alpha value is -0.780. The van der Waals surface area contributed by atoms with Crippen molar-refractivity contribution in [3.05, 3.63) is 35.9 Å². The standard InChI is InChI=1S/C26H24/c1-2-4-6(5-3-1)26-23-17-11-8-7-9-13(11)19(23)21-15(9)16-10(7)14-12(8)18(17)24(26)20(14)22(16)25(21)26/h1-5,7-25H/t7?,8?,9?,10?,11-,12-,13-,14+,15+,16+,17-,18+,19+,20+,21-,22-,23?,24?,25?,26?/m0/s1. The number of rotatable bonds is 1. The summed E-state index contributed by atoms with van der Waals surface area (Å²) in [5.74, 6) is 23.4. The Labute approximate surface area is 154 Å². The topological polar surface area (TPSA) is 0 Å². The van der Waals surface area contributed by atoms with E-state index in [-0.39, 0.29) is 0 Å². The largest absolute Gasteiger partial charge is 0.0622 e. The highest BCUT2D eigenvalue weighted by Crippen LogP contribution is 3.04. The van der Waals surface area contributed by atoms with Crippen molar-refractivity contribution in [1.82, 2.24) is 0 Å². The summed E-state index contributed by atoms with van der Waals surface area (Å²) in [6.45, 7) is 0. The Bertz CT molecular complexity index is 862. The lowest BCUT2D eigenvalue weighted by Gasteiger charge is -2.40. The fraction of sp³-hybridized carbons (Fsp3) is 0.769. The summed E-state index contributed by atoms with van der Waals surface area (Å²) in [6, 6.07) is 12.3. The Morgan fingerprint density at radius 3 is 1.04 bits per heavy atom. The van der Waals surface area contributed by atoms with Crippen LogP contribution in [0.3, 0.4) is 0 Å². The normalized spacial score (nSPS) is 88.5. The molecule has 0 N–H and O–H groups in total. The van der Waals surface area contributed by atoms with Crippen molar-refractivity contribution in [2.75, 3.05) is 0 Å². The summed E-state index contributed by atoms with van der Waals surface area (Å²) in [6.07, 6.45) is 0. The molecule has 12 saturated carbocycles. The van der Waals surface area contributed by atoms with Gasteiger partial charge in [0, 0.05) is 5.41 Å². The van der Waals surface area contributed by atoms with Crippen LogP contribution in [0.25, 0.3) is 0 Å². The van der Waals surface area contributed by atoms with Crippen LogP contribution in [-0.2, 0) is 5.41 Å². The minimum Gasteiger partial charge on any atom is -0.0622 e. The molecule has 8 unspecified atom stereocenters. The van der Waals surface area contributed by atoms with Gasteiger partial charge in [-0.25, -0.2) is 0 Å². The molecule has 0 heteroatoms. The lowest BCUT2D eigenvalue weighted by molar-refractivity contribution is 0.161. The van der Waals surface area contributed by atoms with Crippen molar-refractivity contribution < 1.29 is 0 Å². The first-order valence-corrected chi connectivity index (χ1v) is 12.0. The van der Waals surface area contributed by atoms with Gasteiger partial charge in [0.25, 0.3) is 0 Å². The van der Waals surface area contributed by atoms with E-state index in [0.717, 1.165) is 17.8 Å². The fourth-order valence-corrected chi connectivity index (χ4v) is 16.8. The third kappa shape index (κ3) is 0.591. The van der Waals surface area contributed by atoms with Crippen molar-refractivity contribution in [2.45, 2.75) is 5.41 Å². The lowest BCUT2D eigenvalue weighted by atomic mass is 9.63. The Morgan fingerprint density at radius 1 is 0.385 bits per heavy atom. The molecule has 0 spiro atoms. The quantitative estimate of drug-likeness (QED) is 0.732. The Kier molecular flexibility index (Phi) is 1.15. The fourth-order valence-electron chi connectivity index (χ4n) is 16.8. The van der Waals surface area contributed by atoms with Gasteiger partial charge in [-0.05, 0) is 118 Å². The van der Waals surface area contributed by atoms with Crippen LogP contribution in [0.2, 0.25) is 0 Å². The molecule has 26 heavy (non-hydrogen) atoms. The van der Waals surface area contributed by atoms with Gasteiger partial charge in [-0.1, -0.05) is 30.3 Å². The minimum absolute atomic E-state index is 0.694. The minimum atomic E-state index is 0.694. The maximum Gasteiger partial charge on any atom is 0.00547 e. The van der Waals surface area contributed by atoms with E-state index in [1.54, 1.807) is 0 Å². The third-order valence-corrected chi connectivity index (χ3v) is 14.7. The zero-order chi connectivity index (χ0) is 15.6. The van der Waals surface area contributed by atoms with E-state index in [9.17, 15) is 0 Å². The van der Waals surface area contributed by atoms with Crippen LogP contribution < -0.4 is 0 Å². The molecule has 0 radical (unpaired) electrons. The van der Waals surface area contributed by atoms with Crippen LogP contribution in [0, 0.1) is 112 Å². The van der Waals surface area contributed by atoms with Gasteiger partial charge in [-0.2, -0.15) is 0 Å². The number of benzene rings is 1. The monoisotopic (exact) mass is 336 g/mol. The average Bonchev–Trinajstić information content (AvgIpc) is 3.34. The number of hydrogen-bond donors (Lipinski definition) is 0. The van der Waals surface area contributed by atoms with Gasteiger partial charge < -0.3 is 0 Å². The van der Waals surface area contributed by atoms with Crippen molar-refractivity contribution in [2.24, 2.45) is 112 Å². The maximum atomic E-state index is 2.61. The first-order chi connectivity index (χ1) is 13.0. The molecule has 12 aliphatic rings. The van der Waals surface area contributed by atoms with E-state index in [0.29, 0.717) is 5.41 Å². The van der Waals surface area contributed by atoms with E-state index < -0.39 is 0 Å². The smallest absolute Gasteiger partial charge is 0.00547 e. The van der Waals surface area contributed by atoms with Crippen LogP contribution in [0.5, 0.6) is 0 Å². The van der Waals surface area contributed by atoms with Crippen LogP contribution >= 0.6 is 0 Å². The molecule has 1 aromatic carbocycles. The number of hydrogen-bond acceptors (Lipinski definition) is 0. The molecule has 0 aliphatic heterocycles. The highest BCUT2D eigenvalue weighted by atomic mass is 15.1. The summed E-state index contributed by atoms with van der Waals surface area (Å²) in [5.41, 5.74) is 2.55. The van der Waals surface area contributed by atoms with E-state index in [2.05, 4.69) is 30.3 Å². The van der Waals surface area contributed by atoms with Crippen LogP contribution in [0.4, 0.5) is 0 Å². The van der Waals surface area contributed by atoms with Crippen LogP contribution in [0.15, 0.2) is 30.3 Å². The molecular formula is C26H24. The first kappa shape index (κ1) is 11.3. The molecule has 0 heterocycles. The molecule has 12 aliphatic carbocycles. The summed E-state index contributed by atoms with van der Waals surface area (Å²) < 4.78 is 0. The molecule has 0 nitrogen and oxygen atoms in total. The van der Waals surface area contributed by atoms with Gasteiger partial charge in [0.2, 0.25) is 0 Å². The highest BCUT2D eigenvalue weighted by Gasteiger charge is 3.01. The lowest BCUT2D eigenvalue weighted by Crippen LogP contribution is -2.40. The SMILES string of the molecule is c1ccc(C23C4[C@@H]5[C@@H]6C7C8C9[C@@H]%10[C@@H]7[C@@H]5C2[C@@H]%10[C@@H]2C3[C@H]3[C@@H](C8[C@@H]6[C@@H]43)[C@H]92)cc1. The van der Waals surface area contributed by atoms with Gasteiger partial charge in [-0.15, -0.1) is 0 Å². The highest BCUT2D eigenvalue weighted by molar-refractivity contribution is 5.53. The Balaban J connectivity index is 1.34. The van der Waals surface area contributed by atoms with E-state index in [1.807, 2.05) is 5.56 Å². The van der Waals surface area contributed by atoms with Gasteiger partial charge in [0.15, 0.2) is 0 Å². The van der Waals surface area contributed by atoms with Crippen LogP contribution in [0.1, 0.15) is 5.56 Å². The molecule has 13 rings (SSSR count). The zero-order valence-corrected chi connectivity index (χ0v) is 14.9. The molecular weight excluding hydrogens is 312 g/mol. The summed E-state index contributed by atoms with van der Waals surface area (Å²) in [5, 5.41) is 0. The van der Waals surface area contributed by atoms with Gasteiger partial charge >= 0.3 is 0 Å². The maximum absolute atomic E-state index is 2.61. The average molecular weight is 336 g/mol. The predicted molar refractivity (Wildman–Crippen MR) is 94.4 cm³/mol. The molecule has 20 atom stereocenters. The molecule has 0 amide bonds. The van der Waals surface area contributed by atoms with E-state index in [4.69, 9.17) is 0 Å². The predicted octanol–water partition coefficient (Wildman–Crippen LogP) is 3.78. The summed E-state index contributed by atoms with van der Waals surface area (Å²) >= 11 is 0. The van der Waals surface area contributed by atoms with Gasteiger partial charge in [0.1, 0.15) is 0 Å². The first-order valence-electron chi connectivity index (χ1n) is 12.0. The molecule has 0 bridgehead atoms. The Morgan fingerprint density at radius 2 is 0.692 bits per heavy atom. The van der Waals surface area contributed by atoms with Gasteiger partial charge in [0.05, 0.1) is 0 Å². The van der Waals surface area contributed by atoms with Crippen molar-refractivity contribution >= 4 is 0 Å². The second kappa shape index (κ2) is 2.65. The zero-order valence-electron chi connectivity index (χ0n) is 14.9. The molecule has 0 saturated heterocycles. The van der Waals surface area contributed by atoms with E-state index >= 15 is 0 Å². The molecule has 0 aromatic heterocycles. The molecule has 128 valence electrons. The third-order valence-electron chi connectivity index (χ3n) is 14.7. The summed E-state index contributed by atoms with van der Waals surface area (Å²) in [4.78, 5) is 0. The molecule has 1 aromatic rings. The van der Waals surface area contributed by atoms with Crippen molar-refractivity contribution in [3.8, 4) is 0 Å². The second-order valence-corrected chi connectivity index (χ2v) is 13.1. The summed E-state index contributed by atoms with van der Waals surface area (Å²) in [7, 11) is 0. The van der Waals surface area contributed by atoms with Crippen molar-refractivity contribution in [3.63, 3.8) is 0 Å². The van der Waals surface area contributed by atoms with Gasteiger partial charge in [-0.3, -0.25) is 0 Å². The van der Waals surface area contributed by atoms with Crippen LogP contribution in [-0.4, -0.2) is 0 Å². The van der Waals surface area contributed by atoms with E-state index in [1.165, 1.54) is 94.7 Å².